The molecular formula is C19H25N3O3. The molecule has 1 aliphatic rings. The van der Waals surface area contributed by atoms with Gasteiger partial charge in [0.15, 0.2) is 0 Å². The molecule has 25 heavy (non-hydrogen) atoms. The van der Waals surface area contributed by atoms with Crippen LogP contribution in [0.25, 0.3) is 10.9 Å². The Kier molecular flexibility index (Phi) is 5.38. The number of rotatable bonds is 5. The van der Waals surface area contributed by atoms with Crippen molar-refractivity contribution in [3.8, 4) is 5.75 Å². The lowest BCUT2D eigenvalue weighted by atomic mass is 9.93. The Bertz CT molecular complexity index is 755. The zero-order chi connectivity index (χ0) is 17.8. The van der Waals surface area contributed by atoms with Crippen molar-refractivity contribution in [1.82, 2.24) is 10.3 Å². The summed E-state index contributed by atoms with van der Waals surface area (Å²) >= 11 is 0. The second kappa shape index (κ2) is 7.70. The van der Waals surface area contributed by atoms with Crippen molar-refractivity contribution in [2.75, 3.05) is 19.5 Å². The Morgan fingerprint density at radius 1 is 1.32 bits per heavy atom. The van der Waals surface area contributed by atoms with E-state index in [1.165, 1.54) is 7.11 Å². The number of carbonyl (C=O) groups excluding carboxylic acids is 1. The highest BCUT2D eigenvalue weighted by atomic mass is 16.5. The van der Waals surface area contributed by atoms with Crippen LogP contribution in [0.1, 0.15) is 31.4 Å². The highest BCUT2D eigenvalue weighted by Gasteiger charge is 2.24. The van der Waals surface area contributed by atoms with E-state index in [-0.39, 0.29) is 24.7 Å². The van der Waals surface area contributed by atoms with Gasteiger partial charge in [0, 0.05) is 24.5 Å². The van der Waals surface area contributed by atoms with E-state index < -0.39 is 0 Å². The third kappa shape index (κ3) is 4.20. The van der Waals surface area contributed by atoms with Gasteiger partial charge < -0.3 is 20.5 Å². The number of nitrogens with zero attached hydrogens (tertiary/aromatic N) is 1. The van der Waals surface area contributed by atoms with Crippen LogP contribution >= 0.6 is 0 Å². The number of aromatic nitrogens is 1. The van der Waals surface area contributed by atoms with Gasteiger partial charge in [-0.2, -0.15) is 0 Å². The summed E-state index contributed by atoms with van der Waals surface area (Å²) in [6, 6.07) is 7.91. The molecule has 1 amide bonds. The fourth-order valence-electron chi connectivity index (χ4n) is 3.43. The zero-order valence-corrected chi connectivity index (χ0v) is 14.7. The summed E-state index contributed by atoms with van der Waals surface area (Å²) in [6.45, 7) is 2.04. The highest BCUT2D eigenvalue weighted by molar-refractivity contribution is 5.95. The molecule has 1 aliphatic carbocycles. The van der Waals surface area contributed by atoms with Crippen molar-refractivity contribution in [2.45, 2.75) is 44.8 Å². The first-order chi connectivity index (χ1) is 12.1. The van der Waals surface area contributed by atoms with Crippen LogP contribution in [0.4, 0.5) is 5.69 Å². The third-order valence-corrected chi connectivity index (χ3v) is 4.56. The fraction of sp³-hybridized carbons (Fsp3) is 0.474. The lowest BCUT2D eigenvalue weighted by Gasteiger charge is -2.30. The number of nitrogens with two attached hydrogens (primary N) is 1. The predicted molar refractivity (Wildman–Crippen MR) is 97.6 cm³/mol. The van der Waals surface area contributed by atoms with Crippen LogP contribution in [-0.2, 0) is 9.53 Å². The number of hydrogen-bond acceptors (Lipinski definition) is 5. The van der Waals surface area contributed by atoms with E-state index in [1.807, 2.05) is 31.2 Å². The summed E-state index contributed by atoms with van der Waals surface area (Å²) in [7, 11) is 1.52. The van der Waals surface area contributed by atoms with E-state index in [1.54, 1.807) is 0 Å². The largest absolute Gasteiger partial charge is 0.490 e. The van der Waals surface area contributed by atoms with Crippen molar-refractivity contribution in [3.05, 3.63) is 30.0 Å². The SMILES string of the molecule is COCC(=O)N[C@H]1CC[C@H](Oc2cccc3nc(C)cc(N)c23)CC1. The van der Waals surface area contributed by atoms with E-state index >= 15 is 0 Å². The van der Waals surface area contributed by atoms with Gasteiger partial charge in [0.1, 0.15) is 12.4 Å². The molecule has 3 N–H and O–H groups in total. The topological polar surface area (TPSA) is 86.5 Å². The number of fused-ring (bicyclic) bond motifs is 1. The van der Waals surface area contributed by atoms with Crippen molar-refractivity contribution in [3.63, 3.8) is 0 Å². The number of nitrogens with one attached hydrogen (secondary N) is 1. The molecule has 1 fully saturated rings. The number of aryl methyl sites for hydroxylation is 1. The van der Waals surface area contributed by atoms with E-state index in [2.05, 4.69) is 10.3 Å². The molecule has 0 atom stereocenters. The van der Waals surface area contributed by atoms with E-state index in [0.29, 0.717) is 5.69 Å². The Morgan fingerprint density at radius 3 is 2.80 bits per heavy atom. The summed E-state index contributed by atoms with van der Waals surface area (Å²) in [4.78, 5) is 16.1. The monoisotopic (exact) mass is 343 g/mol. The van der Waals surface area contributed by atoms with Crippen molar-refractivity contribution in [1.29, 1.82) is 0 Å². The summed E-state index contributed by atoms with van der Waals surface area (Å²) in [5, 5.41) is 3.88. The van der Waals surface area contributed by atoms with Gasteiger partial charge in [-0.05, 0) is 50.8 Å². The van der Waals surface area contributed by atoms with Crippen LogP contribution in [0.5, 0.6) is 5.75 Å². The quantitative estimate of drug-likeness (QED) is 0.871. The molecule has 0 aliphatic heterocycles. The van der Waals surface area contributed by atoms with E-state index in [0.717, 1.165) is 48.0 Å². The molecule has 0 radical (unpaired) electrons. The molecule has 6 nitrogen and oxygen atoms in total. The molecule has 1 aromatic heterocycles. The minimum absolute atomic E-state index is 0.0601. The van der Waals surface area contributed by atoms with E-state index in [4.69, 9.17) is 15.2 Å². The maximum atomic E-state index is 11.6. The lowest BCUT2D eigenvalue weighted by molar-refractivity contribution is -0.125. The Morgan fingerprint density at radius 2 is 2.08 bits per heavy atom. The number of amides is 1. The number of anilines is 1. The smallest absolute Gasteiger partial charge is 0.246 e. The van der Waals surface area contributed by atoms with Gasteiger partial charge in [0.25, 0.3) is 0 Å². The molecule has 1 saturated carbocycles. The van der Waals surface area contributed by atoms with Crippen LogP contribution in [-0.4, -0.2) is 36.8 Å². The molecular weight excluding hydrogens is 318 g/mol. The van der Waals surface area contributed by atoms with Crippen LogP contribution in [0.2, 0.25) is 0 Å². The predicted octanol–water partition coefficient (Wildman–Crippen LogP) is 2.58. The van der Waals surface area contributed by atoms with Crippen LogP contribution in [0.3, 0.4) is 0 Å². The first-order valence-electron chi connectivity index (χ1n) is 8.67. The minimum atomic E-state index is -0.0601. The maximum Gasteiger partial charge on any atom is 0.246 e. The lowest BCUT2D eigenvalue weighted by Crippen LogP contribution is -2.41. The molecule has 0 bridgehead atoms. The number of hydrogen-bond donors (Lipinski definition) is 2. The van der Waals surface area contributed by atoms with Crippen molar-refractivity contribution >= 4 is 22.5 Å². The Labute approximate surface area is 147 Å². The van der Waals surface area contributed by atoms with Gasteiger partial charge in [-0.25, -0.2) is 0 Å². The number of benzene rings is 1. The number of pyridine rings is 1. The van der Waals surface area contributed by atoms with Crippen LogP contribution in [0, 0.1) is 6.92 Å². The average molecular weight is 343 g/mol. The first-order valence-corrected chi connectivity index (χ1v) is 8.67. The number of methoxy groups -OCH3 is 1. The average Bonchev–Trinajstić information content (AvgIpc) is 2.56. The van der Waals surface area contributed by atoms with Gasteiger partial charge in [-0.3, -0.25) is 9.78 Å². The summed E-state index contributed by atoms with van der Waals surface area (Å²) < 4.78 is 11.1. The minimum Gasteiger partial charge on any atom is -0.490 e. The number of carbonyl (C=O) groups is 1. The number of ether oxygens (including phenoxy) is 2. The van der Waals surface area contributed by atoms with Gasteiger partial charge in [-0.15, -0.1) is 0 Å². The van der Waals surface area contributed by atoms with Gasteiger partial charge >= 0.3 is 0 Å². The van der Waals surface area contributed by atoms with Gasteiger partial charge in [0.2, 0.25) is 5.91 Å². The summed E-state index contributed by atoms with van der Waals surface area (Å²) in [5.41, 5.74) is 8.64. The molecule has 0 unspecified atom stereocenters. The highest BCUT2D eigenvalue weighted by Crippen LogP contribution is 2.33. The third-order valence-electron chi connectivity index (χ3n) is 4.56. The fourth-order valence-corrected chi connectivity index (χ4v) is 3.43. The molecule has 3 rings (SSSR count). The van der Waals surface area contributed by atoms with Crippen molar-refractivity contribution in [2.24, 2.45) is 0 Å². The van der Waals surface area contributed by atoms with Gasteiger partial charge in [-0.1, -0.05) is 6.07 Å². The Hall–Kier alpha value is -2.34. The Balaban J connectivity index is 1.65. The first kappa shape index (κ1) is 17.5. The molecule has 134 valence electrons. The standard InChI is InChI=1S/C19H25N3O3/c1-12-10-15(20)19-16(21-12)4-3-5-17(19)25-14-8-6-13(7-9-14)22-18(23)11-24-2/h3-5,10,13-14H,6-9,11H2,1-2H3,(H2,20,21)(H,22,23)/t13-,14-. The maximum absolute atomic E-state index is 11.6. The zero-order valence-electron chi connectivity index (χ0n) is 14.7. The summed E-state index contributed by atoms with van der Waals surface area (Å²) in [5.74, 6) is 0.726. The van der Waals surface area contributed by atoms with Gasteiger partial charge in [0.05, 0.1) is 17.0 Å². The molecule has 6 heteroatoms. The number of nitrogen functional groups attached to an aromatic ring is 1. The summed E-state index contributed by atoms with van der Waals surface area (Å²) in [6.07, 6.45) is 3.72. The normalized spacial score (nSPS) is 20.4. The molecule has 1 aromatic carbocycles. The van der Waals surface area contributed by atoms with Crippen LogP contribution < -0.4 is 15.8 Å². The second-order valence-corrected chi connectivity index (χ2v) is 6.60. The van der Waals surface area contributed by atoms with Crippen molar-refractivity contribution < 1.29 is 14.3 Å². The molecule has 0 saturated heterocycles. The van der Waals surface area contributed by atoms with Crippen LogP contribution in [0.15, 0.2) is 24.3 Å². The second-order valence-electron chi connectivity index (χ2n) is 6.60. The van der Waals surface area contributed by atoms with E-state index in [9.17, 15) is 4.79 Å². The molecule has 0 spiro atoms. The molecule has 2 aromatic rings. The molecule has 1 heterocycles.